The third-order valence-corrected chi connectivity index (χ3v) is 3.38. The van der Waals surface area contributed by atoms with Crippen LogP contribution in [-0.4, -0.2) is 11.1 Å². The Hall–Kier alpha value is -1.83. The normalized spacial score (nSPS) is 12.5. The van der Waals surface area contributed by atoms with E-state index in [1.807, 2.05) is 42.5 Å². The number of benzene rings is 1. The van der Waals surface area contributed by atoms with Crippen LogP contribution in [0.3, 0.4) is 0 Å². The standard InChI is InChI=1S/C18H24O2/c1-3-4-5-9-12-17(15(2)18(19)20)14-13-16-10-7-6-8-11-16/h6-8,10-11,13-14H,3-5,9,12H2,1-2H3,(H,19,20). The lowest BCUT2D eigenvalue weighted by molar-refractivity contribution is -0.132. The minimum atomic E-state index is -0.826. The molecule has 0 amide bonds. The summed E-state index contributed by atoms with van der Waals surface area (Å²) in [6, 6.07) is 9.96. The van der Waals surface area contributed by atoms with Crippen molar-refractivity contribution in [2.24, 2.45) is 0 Å². The molecule has 20 heavy (non-hydrogen) atoms. The molecular formula is C18H24O2. The predicted molar refractivity (Wildman–Crippen MR) is 84.6 cm³/mol. The number of hydrogen-bond donors (Lipinski definition) is 1. The van der Waals surface area contributed by atoms with Crippen LogP contribution in [0, 0.1) is 0 Å². The number of rotatable bonds is 8. The number of hydrogen-bond acceptors (Lipinski definition) is 1. The summed E-state index contributed by atoms with van der Waals surface area (Å²) in [6.45, 7) is 3.86. The minimum absolute atomic E-state index is 0.452. The second-order valence-electron chi connectivity index (χ2n) is 5.01. The molecule has 0 bridgehead atoms. The van der Waals surface area contributed by atoms with Crippen molar-refractivity contribution in [2.75, 3.05) is 0 Å². The summed E-state index contributed by atoms with van der Waals surface area (Å²) in [5.74, 6) is -0.826. The maximum absolute atomic E-state index is 11.1. The van der Waals surface area contributed by atoms with Crippen LogP contribution >= 0.6 is 0 Å². The van der Waals surface area contributed by atoms with Crippen molar-refractivity contribution >= 4 is 12.0 Å². The van der Waals surface area contributed by atoms with E-state index < -0.39 is 5.97 Å². The Bertz CT molecular complexity index is 469. The Kier molecular flexibility index (Phi) is 7.41. The summed E-state index contributed by atoms with van der Waals surface area (Å²) in [5.41, 5.74) is 2.47. The van der Waals surface area contributed by atoms with Gasteiger partial charge in [-0.3, -0.25) is 0 Å². The van der Waals surface area contributed by atoms with Gasteiger partial charge in [0, 0.05) is 5.57 Å². The third kappa shape index (κ3) is 5.87. The minimum Gasteiger partial charge on any atom is -0.478 e. The van der Waals surface area contributed by atoms with Gasteiger partial charge in [-0.2, -0.15) is 0 Å². The van der Waals surface area contributed by atoms with Gasteiger partial charge in [0.25, 0.3) is 0 Å². The Morgan fingerprint density at radius 2 is 1.85 bits per heavy atom. The summed E-state index contributed by atoms with van der Waals surface area (Å²) >= 11 is 0. The smallest absolute Gasteiger partial charge is 0.331 e. The van der Waals surface area contributed by atoms with E-state index in [1.165, 1.54) is 12.8 Å². The van der Waals surface area contributed by atoms with Crippen LogP contribution in [0.1, 0.15) is 51.5 Å². The molecular weight excluding hydrogens is 248 g/mol. The number of allylic oxidation sites excluding steroid dienone is 2. The molecule has 1 rings (SSSR count). The van der Waals surface area contributed by atoms with Gasteiger partial charge in [0.05, 0.1) is 0 Å². The predicted octanol–water partition coefficient (Wildman–Crippen LogP) is 5.07. The molecule has 1 N–H and O–H groups in total. The highest BCUT2D eigenvalue weighted by molar-refractivity contribution is 5.87. The first-order valence-electron chi connectivity index (χ1n) is 7.31. The average molecular weight is 272 g/mol. The van der Waals surface area contributed by atoms with Gasteiger partial charge in [0.2, 0.25) is 0 Å². The van der Waals surface area contributed by atoms with Gasteiger partial charge >= 0.3 is 5.97 Å². The Morgan fingerprint density at radius 1 is 1.15 bits per heavy atom. The van der Waals surface area contributed by atoms with Crippen molar-refractivity contribution in [1.29, 1.82) is 0 Å². The lowest BCUT2D eigenvalue weighted by Crippen LogP contribution is -2.00. The molecule has 0 aliphatic rings. The van der Waals surface area contributed by atoms with Gasteiger partial charge in [-0.25, -0.2) is 4.79 Å². The van der Waals surface area contributed by atoms with Crippen molar-refractivity contribution in [3.63, 3.8) is 0 Å². The zero-order valence-electron chi connectivity index (χ0n) is 12.4. The van der Waals surface area contributed by atoms with Crippen LogP contribution in [0.4, 0.5) is 0 Å². The second kappa shape index (κ2) is 9.13. The van der Waals surface area contributed by atoms with Crippen molar-refractivity contribution < 1.29 is 9.90 Å². The van der Waals surface area contributed by atoms with Crippen molar-refractivity contribution in [1.82, 2.24) is 0 Å². The number of carboxylic acid groups (broad SMARTS) is 1. The van der Waals surface area contributed by atoms with E-state index in [9.17, 15) is 4.79 Å². The number of carbonyl (C=O) groups is 1. The Balaban J connectivity index is 2.76. The van der Waals surface area contributed by atoms with E-state index in [2.05, 4.69) is 6.92 Å². The van der Waals surface area contributed by atoms with Gasteiger partial charge in [-0.1, -0.05) is 68.7 Å². The van der Waals surface area contributed by atoms with Gasteiger partial charge in [-0.05, 0) is 30.9 Å². The Labute approximate surface area is 121 Å². The van der Waals surface area contributed by atoms with E-state index in [-0.39, 0.29) is 0 Å². The molecule has 2 nitrogen and oxygen atoms in total. The van der Waals surface area contributed by atoms with Crippen molar-refractivity contribution in [3.8, 4) is 0 Å². The summed E-state index contributed by atoms with van der Waals surface area (Å²) < 4.78 is 0. The lowest BCUT2D eigenvalue weighted by atomic mass is 10.0. The third-order valence-electron chi connectivity index (χ3n) is 3.38. The van der Waals surface area contributed by atoms with Crippen LogP contribution in [0.5, 0.6) is 0 Å². The molecule has 0 aromatic heterocycles. The number of carboxylic acids is 1. The maximum atomic E-state index is 11.1. The summed E-state index contributed by atoms with van der Waals surface area (Å²) in [4.78, 5) is 11.1. The van der Waals surface area contributed by atoms with E-state index in [0.717, 1.165) is 30.4 Å². The molecule has 1 aromatic rings. The quantitative estimate of drug-likeness (QED) is 0.407. The zero-order chi connectivity index (χ0) is 14.8. The molecule has 0 saturated carbocycles. The monoisotopic (exact) mass is 272 g/mol. The van der Waals surface area contributed by atoms with Crippen molar-refractivity contribution in [2.45, 2.75) is 46.0 Å². The maximum Gasteiger partial charge on any atom is 0.331 e. The van der Waals surface area contributed by atoms with Gasteiger partial charge < -0.3 is 5.11 Å². The molecule has 108 valence electrons. The lowest BCUT2D eigenvalue weighted by Gasteiger charge is -2.05. The fourth-order valence-electron chi connectivity index (χ4n) is 2.04. The highest BCUT2D eigenvalue weighted by Crippen LogP contribution is 2.17. The van der Waals surface area contributed by atoms with E-state index >= 15 is 0 Å². The summed E-state index contributed by atoms with van der Waals surface area (Å²) in [5, 5.41) is 9.16. The fraction of sp³-hybridized carbons (Fsp3) is 0.389. The summed E-state index contributed by atoms with van der Waals surface area (Å²) in [7, 11) is 0. The molecule has 0 saturated heterocycles. The first kappa shape index (κ1) is 16.2. The van der Waals surface area contributed by atoms with Crippen LogP contribution in [0.25, 0.3) is 6.08 Å². The van der Waals surface area contributed by atoms with Crippen LogP contribution in [0.2, 0.25) is 0 Å². The van der Waals surface area contributed by atoms with E-state index in [1.54, 1.807) is 6.92 Å². The molecule has 0 unspecified atom stereocenters. The van der Waals surface area contributed by atoms with E-state index in [0.29, 0.717) is 5.57 Å². The molecule has 2 heteroatoms. The molecule has 0 aliphatic carbocycles. The first-order valence-corrected chi connectivity index (χ1v) is 7.31. The van der Waals surface area contributed by atoms with Gasteiger partial charge in [-0.15, -0.1) is 0 Å². The highest BCUT2D eigenvalue weighted by atomic mass is 16.4. The van der Waals surface area contributed by atoms with Crippen molar-refractivity contribution in [3.05, 3.63) is 53.1 Å². The highest BCUT2D eigenvalue weighted by Gasteiger charge is 2.06. The number of unbranched alkanes of at least 4 members (excludes halogenated alkanes) is 3. The molecule has 0 fully saturated rings. The van der Waals surface area contributed by atoms with Gasteiger partial charge in [0.1, 0.15) is 0 Å². The van der Waals surface area contributed by atoms with Crippen LogP contribution < -0.4 is 0 Å². The first-order chi connectivity index (χ1) is 9.65. The zero-order valence-corrected chi connectivity index (χ0v) is 12.4. The van der Waals surface area contributed by atoms with Crippen LogP contribution in [0.15, 0.2) is 47.6 Å². The fourth-order valence-corrected chi connectivity index (χ4v) is 2.04. The molecule has 0 heterocycles. The largest absolute Gasteiger partial charge is 0.478 e. The average Bonchev–Trinajstić information content (AvgIpc) is 2.47. The molecule has 0 spiro atoms. The second-order valence-corrected chi connectivity index (χ2v) is 5.01. The van der Waals surface area contributed by atoms with E-state index in [4.69, 9.17) is 5.11 Å². The Morgan fingerprint density at radius 3 is 2.45 bits per heavy atom. The summed E-state index contributed by atoms with van der Waals surface area (Å²) in [6.07, 6.45) is 9.38. The topological polar surface area (TPSA) is 37.3 Å². The molecule has 0 aliphatic heterocycles. The number of aliphatic carboxylic acids is 1. The molecule has 0 radical (unpaired) electrons. The van der Waals surface area contributed by atoms with Gasteiger partial charge in [0.15, 0.2) is 0 Å². The SMILES string of the molecule is CCCCCCC(C=Cc1ccccc1)=C(C)C(=O)O. The van der Waals surface area contributed by atoms with Crippen LogP contribution in [-0.2, 0) is 4.79 Å². The molecule has 1 aromatic carbocycles. The molecule has 0 atom stereocenters.